The fraction of sp³-hybridized carbons (Fsp3) is 0.0455. The molecular weight excluding hydrogens is 393 g/mol. The summed E-state index contributed by atoms with van der Waals surface area (Å²) in [4.78, 5) is 21.2. The molecule has 4 rings (SSSR count). The number of anilines is 3. The van der Waals surface area contributed by atoms with Gasteiger partial charge in [0.05, 0.1) is 11.1 Å². The Hall–Kier alpha value is -3.94. The monoisotopic (exact) mass is 408 g/mol. The number of fused-ring (bicyclic) bond motifs is 1. The summed E-state index contributed by atoms with van der Waals surface area (Å²) in [5, 5.41) is 6.30. The lowest BCUT2D eigenvalue weighted by atomic mass is 10.2. The fourth-order valence-electron chi connectivity index (χ4n) is 2.89. The van der Waals surface area contributed by atoms with E-state index in [2.05, 4.69) is 20.6 Å². The molecule has 5 nitrogen and oxygen atoms in total. The van der Waals surface area contributed by atoms with E-state index in [9.17, 15) is 18.0 Å². The number of nitrogens with zero attached hydrogens (tertiary/aromatic N) is 2. The second kappa shape index (κ2) is 7.82. The molecule has 0 saturated carbocycles. The van der Waals surface area contributed by atoms with Gasteiger partial charge in [0.1, 0.15) is 5.82 Å². The SMILES string of the molecule is O=C(Nc1cccc(C(F)(F)F)c1)c1nc(Nc2ccccc2)c2ccccc2n1. The highest BCUT2D eigenvalue weighted by molar-refractivity contribution is 6.04. The lowest BCUT2D eigenvalue weighted by molar-refractivity contribution is -0.137. The van der Waals surface area contributed by atoms with Gasteiger partial charge >= 0.3 is 6.18 Å². The molecule has 0 unspecified atom stereocenters. The number of halogens is 3. The lowest BCUT2D eigenvalue weighted by Crippen LogP contribution is -2.17. The average molecular weight is 408 g/mol. The third-order valence-electron chi connectivity index (χ3n) is 4.29. The van der Waals surface area contributed by atoms with Crippen LogP contribution in [0.15, 0.2) is 78.9 Å². The Bertz CT molecular complexity index is 1210. The molecule has 0 atom stereocenters. The van der Waals surface area contributed by atoms with E-state index < -0.39 is 17.6 Å². The Morgan fingerprint density at radius 2 is 1.50 bits per heavy atom. The Balaban J connectivity index is 1.68. The van der Waals surface area contributed by atoms with Gasteiger partial charge in [-0.1, -0.05) is 36.4 Å². The van der Waals surface area contributed by atoms with Gasteiger partial charge in [-0.3, -0.25) is 4.79 Å². The average Bonchev–Trinajstić information content (AvgIpc) is 2.74. The molecule has 0 fully saturated rings. The molecule has 1 heterocycles. The number of rotatable bonds is 4. The molecule has 2 N–H and O–H groups in total. The van der Waals surface area contributed by atoms with Crippen molar-refractivity contribution in [3.8, 4) is 0 Å². The van der Waals surface area contributed by atoms with E-state index in [-0.39, 0.29) is 11.5 Å². The highest BCUT2D eigenvalue weighted by atomic mass is 19.4. The molecule has 0 radical (unpaired) electrons. The van der Waals surface area contributed by atoms with Crippen molar-refractivity contribution in [1.29, 1.82) is 0 Å². The molecule has 0 bridgehead atoms. The van der Waals surface area contributed by atoms with Crippen LogP contribution < -0.4 is 10.6 Å². The molecular formula is C22H15F3N4O. The number of hydrogen-bond donors (Lipinski definition) is 2. The molecule has 3 aromatic carbocycles. The summed E-state index contributed by atoms with van der Waals surface area (Å²) in [6.07, 6.45) is -4.51. The molecule has 0 spiro atoms. The van der Waals surface area contributed by atoms with E-state index in [0.29, 0.717) is 16.7 Å². The standard InChI is InChI=1S/C22H15F3N4O/c23-22(24,25)14-7-6-10-16(13-14)27-21(30)20-28-18-12-5-4-11-17(18)19(29-20)26-15-8-2-1-3-9-15/h1-13H,(H,27,30)(H,26,28,29). The number of hydrogen-bond acceptors (Lipinski definition) is 4. The van der Waals surface area contributed by atoms with Crippen molar-refractivity contribution in [3.05, 3.63) is 90.3 Å². The van der Waals surface area contributed by atoms with E-state index in [1.54, 1.807) is 12.1 Å². The van der Waals surface area contributed by atoms with Gasteiger partial charge in [-0.25, -0.2) is 9.97 Å². The second-order valence-electron chi connectivity index (χ2n) is 6.44. The summed E-state index contributed by atoms with van der Waals surface area (Å²) < 4.78 is 38.8. The summed E-state index contributed by atoms with van der Waals surface area (Å²) in [5.41, 5.74) is 0.445. The van der Waals surface area contributed by atoms with Crippen molar-refractivity contribution in [2.45, 2.75) is 6.18 Å². The maximum Gasteiger partial charge on any atom is 0.416 e. The first-order valence-corrected chi connectivity index (χ1v) is 8.97. The van der Waals surface area contributed by atoms with Gasteiger partial charge in [-0.05, 0) is 42.5 Å². The van der Waals surface area contributed by atoms with Crippen LogP contribution >= 0.6 is 0 Å². The van der Waals surface area contributed by atoms with Crippen LogP contribution in [-0.2, 0) is 6.18 Å². The van der Waals surface area contributed by atoms with Gasteiger partial charge in [-0.15, -0.1) is 0 Å². The van der Waals surface area contributed by atoms with Crippen LogP contribution in [0, 0.1) is 0 Å². The number of nitrogens with one attached hydrogen (secondary N) is 2. The number of benzene rings is 3. The maximum atomic E-state index is 12.9. The Kier molecular flexibility index (Phi) is 5.05. The smallest absolute Gasteiger partial charge is 0.340 e. The number of carbonyl (C=O) groups is 1. The molecule has 0 aliphatic rings. The van der Waals surface area contributed by atoms with Gasteiger partial charge < -0.3 is 10.6 Å². The summed E-state index contributed by atoms with van der Waals surface area (Å²) >= 11 is 0. The zero-order chi connectivity index (χ0) is 21.1. The van der Waals surface area contributed by atoms with Crippen molar-refractivity contribution < 1.29 is 18.0 Å². The predicted octanol–water partition coefficient (Wildman–Crippen LogP) is 5.64. The second-order valence-corrected chi connectivity index (χ2v) is 6.44. The molecule has 0 aliphatic heterocycles. The highest BCUT2D eigenvalue weighted by Crippen LogP contribution is 2.31. The van der Waals surface area contributed by atoms with Crippen molar-refractivity contribution >= 4 is 34.0 Å². The van der Waals surface area contributed by atoms with Gasteiger partial charge in [0.2, 0.25) is 5.82 Å². The van der Waals surface area contributed by atoms with E-state index in [1.807, 2.05) is 42.5 Å². The molecule has 30 heavy (non-hydrogen) atoms. The quantitative estimate of drug-likeness (QED) is 0.458. The van der Waals surface area contributed by atoms with Crippen molar-refractivity contribution in [3.63, 3.8) is 0 Å². The van der Waals surface area contributed by atoms with Crippen LogP contribution in [0.25, 0.3) is 10.9 Å². The lowest BCUT2D eigenvalue weighted by Gasteiger charge is -2.12. The van der Waals surface area contributed by atoms with Gasteiger partial charge in [0.25, 0.3) is 5.91 Å². The molecule has 1 amide bonds. The number of alkyl halides is 3. The van der Waals surface area contributed by atoms with Crippen molar-refractivity contribution in [2.75, 3.05) is 10.6 Å². The minimum absolute atomic E-state index is 0.00384. The highest BCUT2D eigenvalue weighted by Gasteiger charge is 2.30. The minimum Gasteiger partial charge on any atom is -0.340 e. The number of aromatic nitrogens is 2. The predicted molar refractivity (Wildman–Crippen MR) is 109 cm³/mol. The zero-order valence-corrected chi connectivity index (χ0v) is 15.4. The van der Waals surface area contributed by atoms with Gasteiger partial charge in [0.15, 0.2) is 0 Å². The maximum absolute atomic E-state index is 12.9. The van der Waals surface area contributed by atoms with Gasteiger partial charge in [0, 0.05) is 16.8 Å². The van der Waals surface area contributed by atoms with Crippen molar-refractivity contribution in [1.82, 2.24) is 9.97 Å². The molecule has 1 aromatic heterocycles. The third-order valence-corrected chi connectivity index (χ3v) is 4.29. The first-order chi connectivity index (χ1) is 14.4. The first kappa shape index (κ1) is 19.4. The molecule has 0 aliphatic carbocycles. The van der Waals surface area contributed by atoms with Crippen LogP contribution in [0.1, 0.15) is 16.2 Å². The Morgan fingerprint density at radius 1 is 0.800 bits per heavy atom. The molecule has 8 heteroatoms. The Labute approximate surface area is 169 Å². The summed E-state index contributed by atoms with van der Waals surface area (Å²) in [5.74, 6) is -0.457. The summed E-state index contributed by atoms with van der Waals surface area (Å²) in [6, 6.07) is 20.8. The van der Waals surface area contributed by atoms with E-state index in [0.717, 1.165) is 17.8 Å². The molecule has 150 valence electrons. The topological polar surface area (TPSA) is 66.9 Å². The largest absolute Gasteiger partial charge is 0.416 e. The van der Waals surface area contributed by atoms with Crippen LogP contribution in [0.3, 0.4) is 0 Å². The normalized spacial score (nSPS) is 11.3. The van der Waals surface area contributed by atoms with Crippen LogP contribution in [-0.4, -0.2) is 15.9 Å². The van der Waals surface area contributed by atoms with Crippen molar-refractivity contribution in [2.24, 2.45) is 0 Å². The summed E-state index contributed by atoms with van der Waals surface area (Å²) in [6.45, 7) is 0. The van der Waals surface area contributed by atoms with Crippen LogP contribution in [0.2, 0.25) is 0 Å². The van der Waals surface area contributed by atoms with E-state index >= 15 is 0 Å². The number of para-hydroxylation sites is 2. The number of carbonyl (C=O) groups excluding carboxylic acids is 1. The third kappa shape index (κ3) is 4.22. The fourth-order valence-corrected chi connectivity index (χ4v) is 2.89. The first-order valence-electron chi connectivity index (χ1n) is 8.97. The Morgan fingerprint density at radius 3 is 2.27 bits per heavy atom. The van der Waals surface area contributed by atoms with Crippen LogP contribution in [0.4, 0.5) is 30.4 Å². The summed E-state index contributed by atoms with van der Waals surface area (Å²) in [7, 11) is 0. The van der Waals surface area contributed by atoms with E-state index in [4.69, 9.17) is 0 Å². The van der Waals surface area contributed by atoms with E-state index in [1.165, 1.54) is 12.1 Å². The molecule has 4 aromatic rings. The zero-order valence-electron chi connectivity index (χ0n) is 15.4. The molecule has 0 saturated heterocycles. The van der Waals surface area contributed by atoms with Crippen LogP contribution in [0.5, 0.6) is 0 Å². The minimum atomic E-state index is -4.51. The number of amides is 1. The van der Waals surface area contributed by atoms with Gasteiger partial charge in [-0.2, -0.15) is 13.2 Å².